The molecule has 2 unspecified atom stereocenters. The van der Waals surface area contributed by atoms with Gasteiger partial charge in [-0.2, -0.15) is 4.98 Å². The van der Waals surface area contributed by atoms with Crippen molar-refractivity contribution >= 4 is 15.7 Å². The quantitative estimate of drug-likeness (QED) is 0.614. The molecule has 7 heteroatoms. The van der Waals surface area contributed by atoms with Crippen molar-refractivity contribution in [1.29, 1.82) is 0 Å². The largest absolute Gasteiger partial charge is 0.419 e. The molecule has 1 aliphatic heterocycles. The predicted molar refractivity (Wildman–Crippen MR) is 109 cm³/mol. The minimum atomic E-state index is -3.92. The Hall–Kier alpha value is -2.67. The van der Waals surface area contributed by atoms with Gasteiger partial charge in [0.25, 0.3) is 0 Å². The Kier molecular flexibility index (Phi) is 5.17. The van der Waals surface area contributed by atoms with Gasteiger partial charge in [0.15, 0.2) is 0 Å². The number of rotatable bonds is 4. The first-order valence-corrected chi connectivity index (χ1v) is 11.2. The summed E-state index contributed by atoms with van der Waals surface area (Å²) in [5, 5.41) is -0.164. The summed E-state index contributed by atoms with van der Waals surface area (Å²) in [6, 6.07) is 14.2. The molecule has 0 spiro atoms. The van der Waals surface area contributed by atoms with Crippen molar-refractivity contribution in [3.63, 3.8) is 0 Å². The lowest BCUT2D eigenvalue weighted by Gasteiger charge is -2.34. The van der Waals surface area contributed by atoms with E-state index in [-0.39, 0.29) is 27.3 Å². The number of hydrogen-bond donors (Lipinski definition) is 0. The third kappa shape index (κ3) is 3.79. The number of oxazole rings is 1. The lowest BCUT2D eigenvalue weighted by Crippen LogP contribution is -2.39. The zero-order chi connectivity index (χ0) is 20.6. The highest BCUT2D eigenvalue weighted by Gasteiger charge is 2.34. The normalized spacial score (nSPS) is 20.0. The Morgan fingerprint density at radius 2 is 1.62 bits per heavy atom. The maximum Gasteiger partial charge on any atom is 0.236 e. The van der Waals surface area contributed by atoms with E-state index in [1.54, 1.807) is 30.3 Å². The van der Waals surface area contributed by atoms with Crippen LogP contribution in [0.25, 0.3) is 11.5 Å². The smallest absolute Gasteiger partial charge is 0.236 e. The Morgan fingerprint density at radius 3 is 2.28 bits per heavy atom. The molecule has 1 aromatic heterocycles. The van der Waals surface area contributed by atoms with E-state index in [1.807, 2.05) is 4.90 Å². The fourth-order valence-electron chi connectivity index (χ4n) is 3.96. The number of hydrogen-bond acceptors (Lipinski definition) is 5. The van der Waals surface area contributed by atoms with E-state index in [0.29, 0.717) is 24.9 Å². The fourth-order valence-corrected chi connectivity index (χ4v) is 5.31. The Bertz CT molecular complexity index is 1100. The van der Waals surface area contributed by atoms with Crippen molar-refractivity contribution in [3.05, 3.63) is 60.4 Å². The highest BCUT2D eigenvalue weighted by molar-refractivity contribution is 7.91. The molecule has 0 N–H and O–H groups in total. The lowest BCUT2D eigenvalue weighted by molar-refractivity contribution is 0.342. The summed E-state index contributed by atoms with van der Waals surface area (Å²) in [6.45, 7) is 5.57. The molecule has 4 rings (SSSR count). The number of halogens is 1. The highest BCUT2D eigenvalue weighted by Crippen LogP contribution is 2.37. The van der Waals surface area contributed by atoms with E-state index >= 15 is 0 Å². The summed E-state index contributed by atoms with van der Waals surface area (Å²) in [7, 11) is -3.92. The maximum absolute atomic E-state index is 14.3. The van der Waals surface area contributed by atoms with E-state index < -0.39 is 15.7 Å². The van der Waals surface area contributed by atoms with Gasteiger partial charge < -0.3 is 9.32 Å². The molecule has 29 heavy (non-hydrogen) atoms. The number of benzene rings is 2. The molecule has 5 nitrogen and oxygen atoms in total. The molecule has 0 amide bonds. The summed E-state index contributed by atoms with van der Waals surface area (Å²) >= 11 is 0. The molecule has 1 aliphatic rings. The molecule has 2 aromatic carbocycles. The number of aromatic nitrogens is 1. The number of piperidine rings is 1. The van der Waals surface area contributed by atoms with Gasteiger partial charge in [-0.05, 0) is 42.5 Å². The first kappa shape index (κ1) is 19.6. The molecule has 1 saturated heterocycles. The third-order valence-electron chi connectivity index (χ3n) is 5.15. The van der Waals surface area contributed by atoms with Crippen molar-refractivity contribution in [2.75, 3.05) is 18.0 Å². The summed E-state index contributed by atoms with van der Waals surface area (Å²) in [4.78, 5) is 6.33. The molecule has 0 aliphatic carbocycles. The van der Waals surface area contributed by atoms with Crippen LogP contribution < -0.4 is 4.90 Å². The predicted octanol–water partition coefficient (Wildman–Crippen LogP) is 4.80. The van der Waals surface area contributed by atoms with Gasteiger partial charge in [0, 0.05) is 13.1 Å². The standard InChI is InChI=1S/C22H23FN2O3S/c1-15-12-16(2)14-25(13-15)22-21(29(26,27)17-8-4-3-5-9-17)24-20(28-22)18-10-6-7-11-19(18)23/h3-11,15-16H,12-14H2,1-2H3. The molecule has 3 aromatic rings. The molecule has 0 saturated carbocycles. The zero-order valence-electron chi connectivity index (χ0n) is 16.4. The van der Waals surface area contributed by atoms with Crippen LogP contribution in [0.15, 0.2) is 68.9 Å². The minimum Gasteiger partial charge on any atom is -0.419 e. The van der Waals surface area contributed by atoms with Crippen molar-refractivity contribution in [1.82, 2.24) is 4.98 Å². The van der Waals surface area contributed by atoms with E-state index in [0.717, 1.165) is 6.42 Å². The monoisotopic (exact) mass is 414 g/mol. The highest BCUT2D eigenvalue weighted by atomic mass is 32.2. The molecule has 0 bridgehead atoms. The van der Waals surface area contributed by atoms with E-state index in [4.69, 9.17) is 4.42 Å². The molecule has 1 fully saturated rings. The van der Waals surface area contributed by atoms with E-state index in [2.05, 4.69) is 18.8 Å². The van der Waals surface area contributed by atoms with Gasteiger partial charge in [0.05, 0.1) is 10.5 Å². The molecular formula is C22H23FN2O3S. The maximum atomic E-state index is 14.3. The van der Waals surface area contributed by atoms with E-state index in [1.165, 1.54) is 24.3 Å². The van der Waals surface area contributed by atoms with Crippen LogP contribution in [0.4, 0.5) is 10.3 Å². The van der Waals surface area contributed by atoms with Gasteiger partial charge in [-0.1, -0.05) is 44.2 Å². The van der Waals surface area contributed by atoms with Crippen molar-refractivity contribution in [2.45, 2.75) is 30.2 Å². The third-order valence-corrected chi connectivity index (χ3v) is 6.82. The number of nitrogens with zero attached hydrogens (tertiary/aromatic N) is 2. The fraction of sp³-hybridized carbons (Fsp3) is 0.318. The zero-order valence-corrected chi connectivity index (χ0v) is 17.2. The second-order valence-corrected chi connectivity index (χ2v) is 9.64. The molecule has 152 valence electrons. The average molecular weight is 415 g/mol. The van der Waals surface area contributed by atoms with Gasteiger partial charge in [0.2, 0.25) is 26.6 Å². The Labute approximate surface area is 170 Å². The molecule has 0 radical (unpaired) electrons. The summed E-state index contributed by atoms with van der Waals surface area (Å²) in [5.41, 5.74) is 0.140. The van der Waals surface area contributed by atoms with E-state index in [9.17, 15) is 12.8 Å². The van der Waals surface area contributed by atoms with Crippen LogP contribution >= 0.6 is 0 Å². The Balaban J connectivity index is 1.88. The van der Waals surface area contributed by atoms with Crippen molar-refractivity contribution in [3.8, 4) is 11.5 Å². The topological polar surface area (TPSA) is 63.4 Å². The van der Waals surface area contributed by atoms with Crippen LogP contribution in [0.5, 0.6) is 0 Å². The van der Waals surface area contributed by atoms with Gasteiger partial charge in [-0.25, -0.2) is 12.8 Å². The summed E-state index contributed by atoms with van der Waals surface area (Å²) in [6.07, 6.45) is 1.06. The SMILES string of the molecule is CC1CC(C)CN(c2oc(-c3ccccc3F)nc2S(=O)(=O)c2ccccc2)C1. The lowest BCUT2D eigenvalue weighted by atomic mass is 9.92. The summed E-state index contributed by atoms with van der Waals surface area (Å²) < 4.78 is 47.0. The van der Waals surface area contributed by atoms with Crippen LogP contribution in [-0.2, 0) is 9.84 Å². The van der Waals surface area contributed by atoms with Gasteiger partial charge in [-0.15, -0.1) is 0 Å². The van der Waals surface area contributed by atoms with Gasteiger partial charge >= 0.3 is 0 Å². The van der Waals surface area contributed by atoms with Crippen LogP contribution in [0.3, 0.4) is 0 Å². The second kappa shape index (κ2) is 7.63. The van der Waals surface area contributed by atoms with Crippen LogP contribution in [-0.4, -0.2) is 26.5 Å². The molecular weight excluding hydrogens is 391 g/mol. The van der Waals surface area contributed by atoms with Crippen molar-refractivity contribution in [2.24, 2.45) is 11.8 Å². The average Bonchev–Trinajstić information content (AvgIpc) is 3.14. The van der Waals surface area contributed by atoms with Crippen LogP contribution in [0, 0.1) is 17.7 Å². The number of anilines is 1. The summed E-state index contributed by atoms with van der Waals surface area (Å²) in [5.74, 6) is 0.411. The second-order valence-electron chi connectivity index (χ2n) is 7.78. The van der Waals surface area contributed by atoms with Gasteiger partial charge in [0.1, 0.15) is 5.82 Å². The first-order valence-electron chi connectivity index (χ1n) is 9.67. The van der Waals surface area contributed by atoms with Crippen LogP contribution in [0.2, 0.25) is 0 Å². The Morgan fingerprint density at radius 1 is 1.00 bits per heavy atom. The first-order chi connectivity index (χ1) is 13.9. The minimum absolute atomic E-state index is 0.0292. The molecule has 2 atom stereocenters. The number of sulfone groups is 1. The molecule has 2 heterocycles. The van der Waals surface area contributed by atoms with Crippen LogP contribution in [0.1, 0.15) is 20.3 Å². The van der Waals surface area contributed by atoms with Crippen molar-refractivity contribution < 1.29 is 17.2 Å². The van der Waals surface area contributed by atoms with Gasteiger partial charge in [-0.3, -0.25) is 0 Å².